The summed E-state index contributed by atoms with van der Waals surface area (Å²) in [7, 11) is 1.60. The molecule has 2 atom stereocenters. The fraction of sp³-hybridized carbons (Fsp3) is 0.846. The Kier molecular flexibility index (Phi) is 3.90. The van der Waals surface area contributed by atoms with Crippen LogP contribution in [-0.4, -0.2) is 48.2 Å². The van der Waals surface area contributed by atoms with Crippen LogP contribution in [0.15, 0.2) is 0 Å². The van der Waals surface area contributed by atoms with Crippen LogP contribution in [0.5, 0.6) is 0 Å². The van der Waals surface area contributed by atoms with Crippen molar-refractivity contribution in [1.29, 1.82) is 0 Å². The van der Waals surface area contributed by atoms with Crippen molar-refractivity contribution in [2.24, 2.45) is 5.41 Å². The van der Waals surface area contributed by atoms with E-state index in [1.165, 1.54) is 0 Å². The second kappa shape index (κ2) is 5.26. The maximum atomic E-state index is 12.0. The number of carboxylic acid groups (broad SMARTS) is 1. The number of methoxy groups -OCH3 is 1. The molecule has 0 aromatic heterocycles. The van der Waals surface area contributed by atoms with E-state index in [4.69, 9.17) is 4.74 Å². The zero-order chi connectivity index (χ0) is 13.2. The fourth-order valence-corrected chi connectivity index (χ4v) is 3.44. The molecule has 1 amide bonds. The summed E-state index contributed by atoms with van der Waals surface area (Å²) in [6.07, 6.45) is 4.32. The van der Waals surface area contributed by atoms with E-state index < -0.39 is 11.4 Å². The molecule has 0 unspecified atom stereocenters. The number of aliphatic carboxylic acids is 1. The number of ether oxygens (including phenoxy) is 1. The number of likely N-dealkylation sites (tertiary alicyclic amines) is 1. The number of amides is 1. The second-order valence-electron chi connectivity index (χ2n) is 5.30. The number of carboxylic acids is 1. The van der Waals surface area contributed by atoms with Crippen molar-refractivity contribution in [3.8, 4) is 0 Å². The minimum atomic E-state index is -0.734. The molecule has 2 fully saturated rings. The first-order valence-corrected chi connectivity index (χ1v) is 6.63. The Labute approximate surface area is 107 Å². The maximum absolute atomic E-state index is 12.0. The lowest BCUT2D eigenvalue weighted by Gasteiger charge is -2.50. The van der Waals surface area contributed by atoms with E-state index in [0.717, 1.165) is 19.3 Å². The standard InChI is InChI=1S/C13H21NO4/c1-18-9-8-14-10-4-2-3-6-13(10,12(16)17)7-5-11(14)15/h10H,2-9H2,1H3,(H,16,17)/t10-,13-/m1/s1. The number of fused-ring (bicyclic) bond motifs is 1. The summed E-state index contributed by atoms with van der Waals surface area (Å²) in [4.78, 5) is 25.4. The molecule has 1 saturated carbocycles. The summed E-state index contributed by atoms with van der Waals surface area (Å²) >= 11 is 0. The van der Waals surface area contributed by atoms with Gasteiger partial charge in [-0.1, -0.05) is 12.8 Å². The van der Waals surface area contributed by atoms with E-state index in [1.807, 2.05) is 0 Å². The molecule has 1 saturated heterocycles. The van der Waals surface area contributed by atoms with Crippen LogP contribution in [0, 0.1) is 5.41 Å². The lowest BCUT2D eigenvalue weighted by atomic mass is 9.65. The Morgan fingerprint density at radius 2 is 2.28 bits per heavy atom. The molecule has 0 radical (unpaired) electrons. The number of carbonyl (C=O) groups excluding carboxylic acids is 1. The molecule has 1 N–H and O–H groups in total. The van der Waals surface area contributed by atoms with Crippen LogP contribution in [0.2, 0.25) is 0 Å². The van der Waals surface area contributed by atoms with Gasteiger partial charge in [-0.05, 0) is 19.3 Å². The molecule has 1 aliphatic heterocycles. The highest BCUT2D eigenvalue weighted by atomic mass is 16.5. The Morgan fingerprint density at radius 3 is 2.94 bits per heavy atom. The molecule has 2 rings (SSSR count). The van der Waals surface area contributed by atoms with Gasteiger partial charge in [0.15, 0.2) is 0 Å². The summed E-state index contributed by atoms with van der Waals surface area (Å²) in [6.45, 7) is 0.979. The highest BCUT2D eigenvalue weighted by molar-refractivity contribution is 5.83. The van der Waals surface area contributed by atoms with Crippen LogP contribution < -0.4 is 0 Å². The summed E-state index contributed by atoms with van der Waals surface area (Å²) in [5, 5.41) is 9.58. The van der Waals surface area contributed by atoms with E-state index in [9.17, 15) is 14.7 Å². The average molecular weight is 255 g/mol. The Hall–Kier alpha value is -1.10. The van der Waals surface area contributed by atoms with Gasteiger partial charge in [0, 0.05) is 26.1 Å². The SMILES string of the molecule is COCCN1C(=O)CC[C@]2(C(=O)O)CCCC[C@@H]12. The van der Waals surface area contributed by atoms with Crippen LogP contribution in [-0.2, 0) is 14.3 Å². The molecular weight excluding hydrogens is 234 g/mol. The predicted molar refractivity (Wildman–Crippen MR) is 65.1 cm³/mol. The number of nitrogens with zero attached hydrogens (tertiary/aromatic N) is 1. The normalized spacial score (nSPS) is 32.2. The van der Waals surface area contributed by atoms with E-state index in [1.54, 1.807) is 12.0 Å². The molecular formula is C13H21NO4. The topological polar surface area (TPSA) is 66.8 Å². The van der Waals surface area contributed by atoms with Crippen molar-refractivity contribution in [3.63, 3.8) is 0 Å². The molecule has 18 heavy (non-hydrogen) atoms. The molecule has 0 bridgehead atoms. The van der Waals surface area contributed by atoms with Crippen molar-refractivity contribution >= 4 is 11.9 Å². The van der Waals surface area contributed by atoms with Crippen LogP contribution in [0.1, 0.15) is 38.5 Å². The first-order valence-electron chi connectivity index (χ1n) is 6.63. The summed E-state index contributed by atoms with van der Waals surface area (Å²) in [5.41, 5.74) is -0.708. The second-order valence-corrected chi connectivity index (χ2v) is 5.30. The molecule has 0 aromatic rings. The van der Waals surface area contributed by atoms with Gasteiger partial charge in [-0.25, -0.2) is 0 Å². The Bertz CT molecular complexity index is 344. The number of hydrogen-bond donors (Lipinski definition) is 1. The minimum absolute atomic E-state index is 0.0795. The smallest absolute Gasteiger partial charge is 0.311 e. The first kappa shape index (κ1) is 13.3. The zero-order valence-electron chi connectivity index (χ0n) is 10.9. The lowest BCUT2D eigenvalue weighted by Crippen LogP contribution is -2.59. The minimum Gasteiger partial charge on any atom is -0.481 e. The average Bonchev–Trinajstić information content (AvgIpc) is 2.37. The number of piperidine rings is 1. The van der Waals surface area contributed by atoms with E-state index in [2.05, 4.69) is 0 Å². The van der Waals surface area contributed by atoms with Crippen molar-refractivity contribution in [2.75, 3.05) is 20.3 Å². The zero-order valence-corrected chi connectivity index (χ0v) is 10.9. The molecule has 102 valence electrons. The van der Waals surface area contributed by atoms with E-state index in [0.29, 0.717) is 32.4 Å². The summed E-state index contributed by atoms with van der Waals surface area (Å²) in [5.74, 6) is -0.655. The first-order chi connectivity index (χ1) is 8.62. The molecule has 0 spiro atoms. The summed E-state index contributed by atoms with van der Waals surface area (Å²) < 4.78 is 5.02. The van der Waals surface area contributed by atoms with Gasteiger partial charge in [0.2, 0.25) is 5.91 Å². The van der Waals surface area contributed by atoms with Gasteiger partial charge in [0.1, 0.15) is 0 Å². The van der Waals surface area contributed by atoms with Gasteiger partial charge >= 0.3 is 5.97 Å². The number of rotatable bonds is 4. The Morgan fingerprint density at radius 1 is 1.50 bits per heavy atom. The number of carbonyl (C=O) groups is 2. The van der Waals surface area contributed by atoms with Gasteiger partial charge in [0.25, 0.3) is 0 Å². The van der Waals surface area contributed by atoms with Gasteiger partial charge in [-0.2, -0.15) is 0 Å². The van der Waals surface area contributed by atoms with Gasteiger partial charge in [-0.3, -0.25) is 9.59 Å². The molecule has 5 heteroatoms. The lowest BCUT2D eigenvalue weighted by molar-refractivity contribution is -0.167. The third kappa shape index (κ3) is 2.11. The predicted octanol–water partition coefficient (Wildman–Crippen LogP) is 1.27. The van der Waals surface area contributed by atoms with Crippen molar-refractivity contribution < 1.29 is 19.4 Å². The van der Waals surface area contributed by atoms with Crippen molar-refractivity contribution in [2.45, 2.75) is 44.6 Å². The van der Waals surface area contributed by atoms with E-state index >= 15 is 0 Å². The molecule has 0 aromatic carbocycles. The van der Waals surface area contributed by atoms with Crippen LogP contribution in [0.25, 0.3) is 0 Å². The van der Waals surface area contributed by atoms with Crippen LogP contribution >= 0.6 is 0 Å². The van der Waals surface area contributed by atoms with Gasteiger partial charge in [-0.15, -0.1) is 0 Å². The maximum Gasteiger partial charge on any atom is 0.311 e. The third-order valence-electron chi connectivity index (χ3n) is 4.43. The van der Waals surface area contributed by atoms with Crippen LogP contribution in [0.3, 0.4) is 0 Å². The van der Waals surface area contributed by atoms with E-state index in [-0.39, 0.29) is 11.9 Å². The highest BCUT2D eigenvalue weighted by Crippen LogP contribution is 2.46. The van der Waals surface area contributed by atoms with Gasteiger partial charge < -0.3 is 14.7 Å². The largest absolute Gasteiger partial charge is 0.481 e. The third-order valence-corrected chi connectivity index (χ3v) is 4.43. The van der Waals surface area contributed by atoms with Gasteiger partial charge in [0.05, 0.1) is 12.0 Å². The van der Waals surface area contributed by atoms with Crippen molar-refractivity contribution in [3.05, 3.63) is 0 Å². The quantitative estimate of drug-likeness (QED) is 0.821. The highest BCUT2D eigenvalue weighted by Gasteiger charge is 2.53. The molecule has 1 heterocycles. The summed E-state index contributed by atoms with van der Waals surface area (Å²) in [6, 6.07) is -0.139. The molecule has 1 aliphatic carbocycles. The monoisotopic (exact) mass is 255 g/mol. The molecule has 5 nitrogen and oxygen atoms in total. The molecule has 2 aliphatic rings. The van der Waals surface area contributed by atoms with Crippen molar-refractivity contribution in [1.82, 2.24) is 4.90 Å². The number of hydrogen-bond acceptors (Lipinski definition) is 3. The van der Waals surface area contributed by atoms with Crippen LogP contribution in [0.4, 0.5) is 0 Å². The Balaban J connectivity index is 2.23. The fourth-order valence-electron chi connectivity index (χ4n) is 3.44.